The normalized spacial score (nSPS) is 12.9. The smallest absolute Gasteiger partial charge is 0.337 e. The molecule has 0 saturated heterocycles. The average Bonchev–Trinajstić information content (AvgIpc) is 2.66. The molecule has 1 N–H and O–H groups in total. The van der Waals surface area contributed by atoms with Crippen molar-refractivity contribution in [1.29, 1.82) is 0 Å². The summed E-state index contributed by atoms with van der Waals surface area (Å²) < 4.78 is 15.3. The molecule has 0 radical (unpaired) electrons. The van der Waals surface area contributed by atoms with Gasteiger partial charge >= 0.3 is 5.97 Å². The van der Waals surface area contributed by atoms with Crippen molar-refractivity contribution in [2.75, 3.05) is 38.1 Å². The molecular formula is C19H20N2O5. The quantitative estimate of drug-likeness (QED) is 0.830. The summed E-state index contributed by atoms with van der Waals surface area (Å²) in [6.07, 6.45) is 0. The summed E-state index contributed by atoms with van der Waals surface area (Å²) >= 11 is 0. The van der Waals surface area contributed by atoms with Gasteiger partial charge in [-0.25, -0.2) is 4.79 Å². The molecule has 1 heterocycles. The molecule has 0 aromatic heterocycles. The van der Waals surface area contributed by atoms with Gasteiger partial charge in [0.05, 0.1) is 44.8 Å². The van der Waals surface area contributed by atoms with Crippen molar-refractivity contribution in [1.82, 2.24) is 0 Å². The topological polar surface area (TPSA) is 77.1 Å². The van der Waals surface area contributed by atoms with Gasteiger partial charge in [-0.1, -0.05) is 6.07 Å². The number of carbonyl (C=O) groups is 2. The van der Waals surface area contributed by atoms with Crippen molar-refractivity contribution in [2.45, 2.75) is 6.54 Å². The van der Waals surface area contributed by atoms with Crippen molar-refractivity contribution < 1.29 is 23.8 Å². The lowest BCUT2D eigenvalue weighted by Gasteiger charge is -2.31. The van der Waals surface area contributed by atoms with Crippen molar-refractivity contribution in [2.24, 2.45) is 0 Å². The zero-order valence-electron chi connectivity index (χ0n) is 14.9. The molecule has 1 aliphatic rings. The number of fused-ring (bicyclic) bond motifs is 1. The van der Waals surface area contributed by atoms with E-state index < -0.39 is 5.97 Å². The highest BCUT2D eigenvalue weighted by Crippen LogP contribution is 2.33. The van der Waals surface area contributed by atoms with E-state index in [0.717, 1.165) is 11.3 Å². The second-order valence-corrected chi connectivity index (χ2v) is 5.82. The summed E-state index contributed by atoms with van der Waals surface area (Å²) in [7, 11) is 4.49. The van der Waals surface area contributed by atoms with Crippen LogP contribution < -0.4 is 19.7 Å². The summed E-state index contributed by atoms with van der Waals surface area (Å²) in [5, 5.41) is 2.80. The zero-order chi connectivity index (χ0) is 18.7. The molecule has 7 heteroatoms. The van der Waals surface area contributed by atoms with Gasteiger partial charge in [0.15, 0.2) is 11.5 Å². The van der Waals surface area contributed by atoms with E-state index in [9.17, 15) is 9.59 Å². The van der Waals surface area contributed by atoms with E-state index in [0.29, 0.717) is 29.3 Å². The Hall–Kier alpha value is -3.22. The number of benzene rings is 2. The molecule has 0 spiro atoms. The maximum atomic E-state index is 12.1. The number of hydrogen-bond donors (Lipinski definition) is 1. The van der Waals surface area contributed by atoms with Crippen LogP contribution in [0.2, 0.25) is 0 Å². The van der Waals surface area contributed by atoms with Gasteiger partial charge in [0, 0.05) is 6.54 Å². The SMILES string of the molecule is COC(=O)c1ccc2c(c1)NC(=O)CN2Cc1ccc(OC)c(OC)c1. The molecule has 1 amide bonds. The number of rotatable bonds is 5. The van der Waals surface area contributed by atoms with Gasteiger partial charge in [-0.05, 0) is 35.9 Å². The van der Waals surface area contributed by atoms with E-state index in [1.807, 2.05) is 29.2 Å². The highest BCUT2D eigenvalue weighted by molar-refractivity contribution is 6.03. The Morgan fingerprint density at radius 1 is 1.08 bits per heavy atom. The highest BCUT2D eigenvalue weighted by Gasteiger charge is 2.23. The Labute approximate surface area is 151 Å². The molecular weight excluding hydrogens is 336 g/mol. The Morgan fingerprint density at radius 2 is 1.85 bits per heavy atom. The molecule has 0 aliphatic carbocycles. The molecule has 2 aromatic carbocycles. The lowest BCUT2D eigenvalue weighted by molar-refractivity contribution is -0.115. The van der Waals surface area contributed by atoms with E-state index in [1.54, 1.807) is 26.4 Å². The number of hydrogen-bond acceptors (Lipinski definition) is 6. The predicted molar refractivity (Wildman–Crippen MR) is 97.0 cm³/mol. The monoisotopic (exact) mass is 356 g/mol. The fourth-order valence-electron chi connectivity index (χ4n) is 2.95. The minimum absolute atomic E-state index is 0.139. The van der Waals surface area contributed by atoms with Gasteiger partial charge in [-0.3, -0.25) is 4.79 Å². The van der Waals surface area contributed by atoms with Gasteiger partial charge in [0.2, 0.25) is 5.91 Å². The van der Waals surface area contributed by atoms with Crippen LogP contribution in [0.25, 0.3) is 0 Å². The van der Waals surface area contributed by atoms with Crippen LogP contribution in [0, 0.1) is 0 Å². The lowest BCUT2D eigenvalue weighted by atomic mass is 10.1. The fourth-order valence-corrected chi connectivity index (χ4v) is 2.95. The van der Waals surface area contributed by atoms with Crippen LogP contribution in [0.3, 0.4) is 0 Å². The van der Waals surface area contributed by atoms with Crippen molar-refractivity contribution in [3.05, 3.63) is 47.5 Å². The van der Waals surface area contributed by atoms with Crippen LogP contribution in [-0.4, -0.2) is 39.8 Å². The minimum Gasteiger partial charge on any atom is -0.493 e. The Bertz CT molecular complexity index is 850. The predicted octanol–water partition coefficient (Wildman–Crippen LogP) is 2.45. The molecule has 26 heavy (non-hydrogen) atoms. The second kappa shape index (κ2) is 7.35. The van der Waals surface area contributed by atoms with Crippen molar-refractivity contribution >= 4 is 23.3 Å². The van der Waals surface area contributed by atoms with Crippen LogP contribution in [0.4, 0.5) is 11.4 Å². The maximum Gasteiger partial charge on any atom is 0.337 e. The molecule has 2 aromatic rings. The number of ether oxygens (including phenoxy) is 3. The van der Waals surface area contributed by atoms with Crippen LogP contribution in [0.5, 0.6) is 11.5 Å². The first-order valence-electron chi connectivity index (χ1n) is 8.03. The van der Waals surface area contributed by atoms with Crippen LogP contribution in [-0.2, 0) is 16.1 Å². The minimum atomic E-state index is -0.445. The van der Waals surface area contributed by atoms with Crippen LogP contribution >= 0.6 is 0 Å². The molecule has 0 fully saturated rings. The molecule has 1 aliphatic heterocycles. The number of nitrogens with one attached hydrogen (secondary N) is 1. The number of nitrogens with zero attached hydrogens (tertiary/aromatic N) is 1. The number of methoxy groups -OCH3 is 3. The highest BCUT2D eigenvalue weighted by atomic mass is 16.5. The largest absolute Gasteiger partial charge is 0.493 e. The van der Waals surface area contributed by atoms with E-state index in [2.05, 4.69) is 5.32 Å². The third kappa shape index (κ3) is 3.42. The van der Waals surface area contributed by atoms with E-state index in [4.69, 9.17) is 14.2 Å². The van der Waals surface area contributed by atoms with Crippen LogP contribution in [0.1, 0.15) is 15.9 Å². The first-order chi connectivity index (χ1) is 12.5. The summed E-state index contributed by atoms with van der Waals surface area (Å²) in [6.45, 7) is 0.733. The van der Waals surface area contributed by atoms with Crippen molar-refractivity contribution in [3.63, 3.8) is 0 Å². The summed E-state index contributed by atoms with van der Waals surface area (Å²) in [4.78, 5) is 25.7. The standard InChI is InChI=1S/C19H20N2O5/c1-24-16-7-4-12(8-17(16)25-2)10-21-11-18(22)20-14-9-13(19(23)26-3)5-6-15(14)21/h4-9H,10-11H2,1-3H3,(H,20,22). The van der Waals surface area contributed by atoms with E-state index >= 15 is 0 Å². The average molecular weight is 356 g/mol. The molecule has 0 atom stereocenters. The maximum absolute atomic E-state index is 12.1. The molecule has 7 nitrogen and oxygen atoms in total. The van der Waals surface area contributed by atoms with Gasteiger partial charge < -0.3 is 24.4 Å². The lowest BCUT2D eigenvalue weighted by Crippen LogP contribution is -2.37. The van der Waals surface area contributed by atoms with Gasteiger partial charge in [0.1, 0.15) is 0 Å². The molecule has 136 valence electrons. The summed E-state index contributed by atoms with van der Waals surface area (Å²) in [6, 6.07) is 10.8. The Kier molecular flexibility index (Phi) is 4.97. The third-order valence-electron chi connectivity index (χ3n) is 4.19. The Morgan fingerprint density at radius 3 is 2.54 bits per heavy atom. The molecule has 0 bridgehead atoms. The molecule has 0 saturated carbocycles. The van der Waals surface area contributed by atoms with Gasteiger partial charge in [-0.2, -0.15) is 0 Å². The molecule has 3 rings (SSSR count). The summed E-state index contributed by atoms with van der Waals surface area (Å²) in [5.74, 6) is 0.697. The second-order valence-electron chi connectivity index (χ2n) is 5.82. The van der Waals surface area contributed by atoms with E-state index in [-0.39, 0.29) is 12.5 Å². The molecule has 0 unspecified atom stereocenters. The first-order valence-corrected chi connectivity index (χ1v) is 8.03. The first kappa shape index (κ1) is 17.6. The fraction of sp³-hybridized carbons (Fsp3) is 0.263. The number of carbonyl (C=O) groups excluding carboxylic acids is 2. The number of amides is 1. The summed E-state index contributed by atoms with van der Waals surface area (Å²) in [5.41, 5.74) is 2.79. The van der Waals surface area contributed by atoms with Crippen LogP contribution in [0.15, 0.2) is 36.4 Å². The zero-order valence-corrected chi connectivity index (χ0v) is 14.9. The number of esters is 1. The van der Waals surface area contributed by atoms with Gasteiger partial charge in [0.25, 0.3) is 0 Å². The van der Waals surface area contributed by atoms with Crippen molar-refractivity contribution in [3.8, 4) is 11.5 Å². The number of anilines is 2. The van der Waals surface area contributed by atoms with Gasteiger partial charge in [-0.15, -0.1) is 0 Å². The Balaban J connectivity index is 1.90. The third-order valence-corrected chi connectivity index (χ3v) is 4.19. The van der Waals surface area contributed by atoms with E-state index in [1.165, 1.54) is 7.11 Å².